The van der Waals surface area contributed by atoms with Crippen molar-refractivity contribution in [2.75, 3.05) is 6.61 Å². The lowest BCUT2D eigenvalue weighted by Crippen LogP contribution is -2.49. The molecule has 0 spiro atoms. The van der Waals surface area contributed by atoms with E-state index in [0.717, 1.165) is 31.8 Å². The van der Waals surface area contributed by atoms with Crippen molar-refractivity contribution < 1.29 is 37.8 Å². The van der Waals surface area contributed by atoms with Gasteiger partial charge >= 0.3 is 11.9 Å². The minimum Gasteiger partial charge on any atom is -0.463 e. The van der Waals surface area contributed by atoms with Crippen molar-refractivity contribution in [3.05, 3.63) is 47.8 Å². The summed E-state index contributed by atoms with van der Waals surface area (Å²) in [7, 11) is 0. The first-order valence-electron chi connectivity index (χ1n) is 13.8. The molecule has 1 aromatic carbocycles. The van der Waals surface area contributed by atoms with Crippen LogP contribution in [0.15, 0.2) is 36.4 Å². The van der Waals surface area contributed by atoms with Crippen molar-refractivity contribution >= 4 is 40.8 Å². The molecule has 0 heterocycles. The Bertz CT molecular complexity index is 1070. The number of benzene rings is 1. The number of nitrogens with one attached hydrogen (secondary N) is 2. The van der Waals surface area contributed by atoms with Gasteiger partial charge in [0.2, 0.25) is 5.91 Å². The number of hydrogen-bond donors (Lipinski definition) is 3. The molecule has 0 radical (unpaired) electrons. The van der Waals surface area contributed by atoms with Crippen molar-refractivity contribution in [3.63, 3.8) is 0 Å². The van der Waals surface area contributed by atoms with E-state index in [4.69, 9.17) is 15.2 Å². The minimum absolute atomic E-state index is 0.0806. The molecule has 1 aliphatic carbocycles. The van der Waals surface area contributed by atoms with Gasteiger partial charge in [0.15, 0.2) is 6.10 Å². The van der Waals surface area contributed by atoms with Gasteiger partial charge in [-0.05, 0) is 49.8 Å². The summed E-state index contributed by atoms with van der Waals surface area (Å²) >= 11 is 1.17. The summed E-state index contributed by atoms with van der Waals surface area (Å²) in [6, 6.07) is 3.57. The van der Waals surface area contributed by atoms with Gasteiger partial charge in [-0.2, -0.15) is 0 Å². The number of esters is 2. The van der Waals surface area contributed by atoms with E-state index in [2.05, 4.69) is 10.6 Å². The normalized spacial score (nSPS) is 15.7. The molecule has 1 aromatic rings. The zero-order valence-corrected chi connectivity index (χ0v) is 24.5. The standard InChI is InChI=1S/C29H40FN3O7S/c1-4-39-25(35)16-14-21(13-15-24(31)34)32-27(36)23(17-19-9-11-20(30)12-10-19)40-28(37)26(18(2)3)33-29(38)41-22-7-5-6-8-22/h9-12,14,16,18,21-23,26H,4-8,13,15,17H2,1-3H3,(H2,31,34)(H,32,36)(H,33,38)/b16-14+/t21-,23-,26-/m0/s1. The summed E-state index contributed by atoms with van der Waals surface area (Å²) in [5, 5.41) is 5.28. The number of carbonyl (C=O) groups is 5. The zero-order chi connectivity index (χ0) is 30.4. The smallest absolute Gasteiger partial charge is 0.330 e. The fourth-order valence-electron chi connectivity index (χ4n) is 4.23. The first-order valence-corrected chi connectivity index (χ1v) is 14.7. The lowest BCUT2D eigenvalue weighted by Gasteiger charge is -2.26. The number of thioether (sulfide) groups is 1. The quantitative estimate of drug-likeness (QED) is 0.206. The third-order valence-corrected chi connectivity index (χ3v) is 7.57. The van der Waals surface area contributed by atoms with Crippen LogP contribution in [0, 0.1) is 11.7 Å². The average Bonchev–Trinajstić information content (AvgIpc) is 3.42. The van der Waals surface area contributed by atoms with Crippen LogP contribution in [0.5, 0.6) is 0 Å². The predicted molar refractivity (Wildman–Crippen MR) is 153 cm³/mol. The summed E-state index contributed by atoms with van der Waals surface area (Å²) in [4.78, 5) is 62.5. The van der Waals surface area contributed by atoms with E-state index in [0.29, 0.717) is 5.56 Å². The molecule has 1 fully saturated rings. The zero-order valence-electron chi connectivity index (χ0n) is 23.7. The van der Waals surface area contributed by atoms with Crippen molar-refractivity contribution in [3.8, 4) is 0 Å². The second kappa shape index (κ2) is 17.4. The number of primary amides is 1. The highest BCUT2D eigenvalue weighted by Gasteiger charge is 2.32. The van der Waals surface area contributed by atoms with E-state index in [1.165, 1.54) is 42.1 Å². The molecule has 10 nitrogen and oxygen atoms in total. The molecule has 4 N–H and O–H groups in total. The van der Waals surface area contributed by atoms with Crippen molar-refractivity contribution in [1.29, 1.82) is 0 Å². The van der Waals surface area contributed by atoms with Crippen LogP contribution >= 0.6 is 11.8 Å². The van der Waals surface area contributed by atoms with Gasteiger partial charge < -0.3 is 25.8 Å². The molecule has 0 bridgehead atoms. The van der Waals surface area contributed by atoms with Gasteiger partial charge in [0, 0.05) is 30.2 Å². The highest BCUT2D eigenvalue weighted by atomic mass is 32.2. The third kappa shape index (κ3) is 12.8. The number of halogens is 1. The fraction of sp³-hybridized carbons (Fsp3) is 0.552. The second-order valence-electron chi connectivity index (χ2n) is 10.2. The Morgan fingerprint density at radius 1 is 1.10 bits per heavy atom. The monoisotopic (exact) mass is 593 g/mol. The van der Waals surface area contributed by atoms with Gasteiger partial charge in [-0.3, -0.25) is 14.4 Å². The first kappa shape index (κ1) is 33.8. The lowest BCUT2D eigenvalue weighted by atomic mass is 10.0. The summed E-state index contributed by atoms with van der Waals surface area (Å²) in [6.45, 7) is 5.31. The number of hydrogen-bond acceptors (Lipinski definition) is 8. The van der Waals surface area contributed by atoms with Gasteiger partial charge in [0.1, 0.15) is 11.9 Å². The summed E-state index contributed by atoms with van der Waals surface area (Å²) in [5.41, 5.74) is 5.79. The molecule has 0 unspecified atom stereocenters. The Morgan fingerprint density at radius 2 is 1.76 bits per heavy atom. The molecule has 226 valence electrons. The largest absolute Gasteiger partial charge is 0.463 e. The molecule has 41 heavy (non-hydrogen) atoms. The molecule has 0 aliphatic heterocycles. The maximum Gasteiger partial charge on any atom is 0.330 e. The minimum atomic E-state index is -1.36. The van der Waals surface area contributed by atoms with Crippen LogP contribution in [-0.4, -0.2) is 59.0 Å². The van der Waals surface area contributed by atoms with Gasteiger partial charge in [-0.25, -0.2) is 14.0 Å². The van der Waals surface area contributed by atoms with Crippen LogP contribution in [0.2, 0.25) is 0 Å². The van der Waals surface area contributed by atoms with Crippen LogP contribution in [0.3, 0.4) is 0 Å². The third-order valence-electron chi connectivity index (χ3n) is 6.44. The fourth-order valence-corrected chi connectivity index (χ4v) is 5.29. The molecule has 1 saturated carbocycles. The molecule has 0 saturated heterocycles. The Labute approximate surface area is 244 Å². The Morgan fingerprint density at radius 3 is 2.34 bits per heavy atom. The van der Waals surface area contributed by atoms with Gasteiger partial charge in [-0.15, -0.1) is 0 Å². The summed E-state index contributed by atoms with van der Waals surface area (Å²) < 4.78 is 24.0. The molecule has 12 heteroatoms. The van der Waals surface area contributed by atoms with E-state index in [-0.39, 0.29) is 42.3 Å². The average molecular weight is 594 g/mol. The molecule has 3 atom stereocenters. The van der Waals surface area contributed by atoms with E-state index in [1.54, 1.807) is 20.8 Å². The Kier molecular flexibility index (Phi) is 14.4. The van der Waals surface area contributed by atoms with Crippen LogP contribution in [0.25, 0.3) is 0 Å². The number of rotatable bonds is 15. The molecule has 2 rings (SSSR count). The summed E-state index contributed by atoms with van der Waals surface area (Å²) in [6.07, 6.45) is 5.06. The number of amides is 3. The SMILES string of the molecule is CCOC(=O)/C=C/[C@H](CCC(N)=O)NC(=O)[C@H](Cc1ccc(F)cc1)OC(=O)[C@@H](NC(=O)SC1CCCC1)C(C)C. The first-order chi connectivity index (χ1) is 19.5. The molecular weight excluding hydrogens is 553 g/mol. The van der Waals surface area contributed by atoms with Crippen molar-refractivity contribution in [2.45, 2.75) is 89.2 Å². The van der Waals surface area contributed by atoms with Gasteiger partial charge in [0.25, 0.3) is 11.1 Å². The Balaban J connectivity index is 2.21. The topological polar surface area (TPSA) is 154 Å². The van der Waals surface area contributed by atoms with E-state index in [1.807, 2.05) is 0 Å². The van der Waals surface area contributed by atoms with Crippen LogP contribution < -0.4 is 16.4 Å². The van der Waals surface area contributed by atoms with E-state index >= 15 is 0 Å². The second-order valence-corrected chi connectivity index (χ2v) is 11.4. The molecular formula is C29H40FN3O7S. The highest BCUT2D eigenvalue weighted by Crippen LogP contribution is 2.30. The van der Waals surface area contributed by atoms with E-state index in [9.17, 15) is 28.4 Å². The molecule has 0 aromatic heterocycles. The van der Waals surface area contributed by atoms with Crippen LogP contribution in [0.1, 0.15) is 64.9 Å². The number of carbonyl (C=O) groups excluding carboxylic acids is 5. The highest BCUT2D eigenvalue weighted by molar-refractivity contribution is 8.14. The van der Waals surface area contributed by atoms with Crippen molar-refractivity contribution in [2.24, 2.45) is 11.7 Å². The predicted octanol–water partition coefficient (Wildman–Crippen LogP) is 3.56. The maximum atomic E-state index is 13.5. The van der Waals surface area contributed by atoms with Crippen molar-refractivity contribution in [1.82, 2.24) is 10.6 Å². The van der Waals surface area contributed by atoms with E-state index < -0.39 is 47.8 Å². The number of ether oxygens (including phenoxy) is 2. The molecule has 3 amide bonds. The Hall–Kier alpha value is -3.41. The number of nitrogens with two attached hydrogens (primary N) is 1. The molecule has 1 aliphatic rings. The van der Waals surface area contributed by atoms with Crippen LogP contribution in [0.4, 0.5) is 9.18 Å². The summed E-state index contributed by atoms with van der Waals surface area (Å²) in [5.74, 6) is -3.54. The maximum absolute atomic E-state index is 13.5. The van der Waals surface area contributed by atoms with Crippen LogP contribution in [-0.2, 0) is 35.1 Å². The van der Waals surface area contributed by atoms with Gasteiger partial charge in [-0.1, -0.05) is 56.7 Å². The lowest BCUT2D eigenvalue weighted by molar-refractivity contribution is -0.158. The van der Waals surface area contributed by atoms with Gasteiger partial charge in [0.05, 0.1) is 6.61 Å².